The maximum atomic E-state index is 13.0. The number of hydrogen-bond donors (Lipinski definition) is 2. The largest absolute Gasteiger partial charge is 0.353 e. The molecule has 3 N–H and O–H groups in total. The quantitative estimate of drug-likeness (QED) is 0.885. The van der Waals surface area contributed by atoms with Crippen molar-refractivity contribution in [1.29, 1.82) is 0 Å². The molecule has 2 fully saturated rings. The lowest BCUT2D eigenvalue weighted by molar-refractivity contribution is -0.125. The topological polar surface area (TPSA) is 75.4 Å². The highest BCUT2D eigenvalue weighted by Crippen LogP contribution is 2.40. The van der Waals surface area contributed by atoms with Crippen molar-refractivity contribution in [3.8, 4) is 0 Å². The van der Waals surface area contributed by atoms with Gasteiger partial charge in [-0.3, -0.25) is 9.59 Å². The van der Waals surface area contributed by atoms with Crippen LogP contribution in [0.1, 0.15) is 42.5 Å². The molecule has 1 aliphatic carbocycles. The number of nitrogens with one attached hydrogen (secondary N) is 1. The zero-order chi connectivity index (χ0) is 16.2. The minimum Gasteiger partial charge on any atom is -0.353 e. The Morgan fingerprint density at radius 1 is 1.17 bits per heavy atom. The maximum Gasteiger partial charge on any atom is 0.254 e. The number of fused-ring (bicyclic) bond motifs is 1. The van der Waals surface area contributed by atoms with Gasteiger partial charge in [-0.1, -0.05) is 31.0 Å². The van der Waals surface area contributed by atoms with Crippen LogP contribution in [0.25, 0.3) is 0 Å². The van der Waals surface area contributed by atoms with Gasteiger partial charge in [-0.15, -0.1) is 0 Å². The van der Waals surface area contributed by atoms with E-state index in [0.29, 0.717) is 24.6 Å². The van der Waals surface area contributed by atoms with Crippen LogP contribution in [0.2, 0.25) is 0 Å². The van der Waals surface area contributed by atoms with E-state index in [2.05, 4.69) is 5.32 Å². The predicted molar refractivity (Wildman–Crippen MR) is 88.8 cm³/mol. The number of amides is 2. The highest BCUT2D eigenvalue weighted by molar-refractivity contribution is 5.98. The van der Waals surface area contributed by atoms with Crippen LogP contribution in [0.5, 0.6) is 0 Å². The second-order valence-electron chi connectivity index (χ2n) is 6.52. The van der Waals surface area contributed by atoms with Crippen molar-refractivity contribution < 1.29 is 9.59 Å². The van der Waals surface area contributed by atoms with Crippen LogP contribution in [-0.4, -0.2) is 41.9 Å². The molecular formula is C18H25N3O2. The van der Waals surface area contributed by atoms with Crippen molar-refractivity contribution in [3.63, 3.8) is 0 Å². The molecule has 1 saturated carbocycles. The third-order valence-electron chi connectivity index (χ3n) is 5.09. The van der Waals surface area contributed by atoms with Crippen LogP contribution < -0.4 is 11.1 Å². The minimum absolute atomic E-state index is 0.0205. The van der Waals surface area contributed by atoms with E-state index in [1.54, 1.807) is 0 Å². The standard InChI is InChI=1S/C18H25N3O2/c19-10-11-20-17(22)16-12-14-8-4-5-9-15(14)21(16)18(23)13-6-2-1-3-7-13/h1-3,6-7,14-16H,4-5,8-12,19H2,(H,20,22). The third kappa shape index (κ3) is 3.24. The monoisotopic (exact) mass is 315 g/mol. The number of benzene rings is 1. The summed E-state index contributed by atoms with van der Waals surface area (Å²) in [4.78, 5) is 27.4. The first kappa shape index (κ1) is 16.0. The predicted octanol–water partition coefficient (Wildman–Crippen LogP) is 1.53. The molecule has 3 atom stereocenters. The maximum absolute atomic E-state index is 13.0. The average Bonchev–Trinajstić information content (AvgIpc) is 2.99. The number of nitrogens with two attached hydrogens (primary N) is 1. The van der Waals surface area contributed by atoms with Gasteiger partial charge >= 0.3 is 0 Å². The van der Waals surface area contributed by atoms with E-state index < -0.39 is 0 Å². The molecule has 1 aromatic rings. The highest BCUT2D eigenvalue weighted by Gasteiger charge is 2.47. The van der Waals surface area contributed by atoms with Crippen LogP contribution in [0.4, 0.5) is 0 Å². The molecule has 2 aliphatic rings. The molecule has 23 heavy (non-hydrogen) atoms. The Morgan fingerprint density at radius 2 is 1.91 bits per heavy atom. The Balaban J connectivity index is 1.85. The van der Waals surface area contributed by atoms with Crippen molar-refractivity contribution in [1.82, 2.24) is 10.2 Å². The summed E-state index contributed by atoms with van der Waals surface area (Å²) >= 11 is 0. The fraction of sp³-hybridized carbons (Fsp3) is 0.556. The van der Waals surface area contributed by atoms with Gasteiger partial charge in [0.05, 0.1) is 0 Å². The van der Waals surface area contributed by atoms with Gasteiger partial charge in [0.2, 0.25) is 5.91 Å². The normalized spacial score (nSPS) is 26.7. The fourth-order valence-electron chi connectivity index (χ4n) is 4.03. The molecule has 2 amide bonds. The van der Waals surface area contributed by atoms with Crippen molar-refractivity contribution in [2.45, 2.75) is 44.2 Å². The summed E-state index contributed by atoms with van der Waals surface area (Å²) in [5.41, 5.74) is 6.15. The first-order valence-corrected chi connectivity index (χ1v) is 8.58. The summed E-state index contributed by atoms with van der Waals surface area (Å²) in [6, 6.07) is 9.12. The third-order valence-corrected chi connectivity index (χ3v) is 5.09. The molecule has 1 saturated heterocycles. The second kappa shape index (κ2) is 7.13. The average molecular weight is 315 g/mol. The van der Waals surface area contributed by atoms with Gasteiger partial charge in [0.1, 0.15) is 6.04 Å². The van der Waals surface area contributed by atoms with Crippen LogP contribution in [-0.2, 0) is 4.79 Å². The number of rotatable bonds is 4. The van der Waals surface area contributed by atoms with Gasteiger partial charge in [0.15, 0.2) is 0 Å². The number of likely N-dealkylation sites (tertiary alicyclic amines) is 1. The summed E-state index contributed by atoms with van der Waals surface area (Å²) in [5, 5.41) is 2.86. The molecule has 3 rings (SSSR count). The number of nitrogens with zero attached hydrogens (tertiary/aromatic N) is 1. The molecule has 0 spiro atoms. The van der Waals surface area contributed by atoms with Crippen LogP contribution in [0.15, 0.2) is 30.3 Å². The van der Waals surface area contributed by atoms with Gasteiger partial charge in [-0.25, -0.2) is 0 Å². The highest BCUT2D eigenvalue weighted by atomic mass is 16.2. The molecule has 124 valence electrons. The van der Waals surface area contributed by atoms with Crippen LogP contribution in [0, 0.1) is 5.92 Å². The molecule has 5 nitrogen and oxygen atoms in total. The summed E-state index contributed by atoms with van der Waals surface area (Å²) in [5.74, 6) is 0.368. The molecule has 3 unspecified atom stereocenters. The van der Waals surface area contributed by atoms with E-state index in [1.807, 2.05) is 35.2 Å². The van der Waals surface area contributed by atoms with E-state index in [-0.39, 0.29) is 23.9 Å². The lowest BCUT2D eigenvalue weighted by Crippen LogP contribution is -2.50. The van der Waals surface area contributed by atoms with Gasteiger partial charge in [-0.05, 0) is 37.3 Å². The first-order chi connectivity index (χ1) is 11.2. The summed E-state index contributed by atoms with van der Waals surface area (Å²) < 4.78 is 0. The summed E-state index contributed by atoms with van der Waals surface area (Å²) in [6.07, 6.45) is 5.23. The first-order valence-electron chi connectivity index (χ1n) is 8.58. The van der Waals surface area contributed by atoms with Crippen molar-refractivity contribution in [3.05, 3.63) is 35.9 Å². The smallest absolute Gasteiger partial charge is 0.254 e. The molecule has 1 aromatic carbocycles. The summed E-state index contributed by atoms with van der Waals surface area (Å²) in [6.45, 7) is 0.871. The molecule has 0 bridgehead atoms. The van der Waals surface area contributed by atoms with Gasteiger partial charge in [0, 0.05) is 24.7 Å². The van der Waals surface area contributed by atoms with Gasteiger partial charge < -0.3 is 16.0 Å². The number of carbonyl (C=O) groups excluding carboxylic acids is 2. The lowest BCUT2D eigenvalue weighted by atomic mass is 9.84. The second-order valence-corrected chi connectivity index (χ2v) is 6.52. The summed E-state index contributed by atoms with van der Waals surface area (Å²) in [7, 11) is 0. The molecule has 0 aromatic heterocycles. The van der Waals surface area contributed by atoms with E-state index in [4.69, 9.17) is 5.73 Å². The molecule has 1 aliphatic heterocycles. The van der Waals surface area contributed by atoms with E-state index in [1.165, 1.54) is 6.42 Å². The SMILES string of the molecule is NCCNC(=O)C1CC2CCCCC2N1C(=O)c1ccccc1. The van der Waals surface area contributed by atoms with E-state index in [0.717, 1.165) is 25.7 Å². The Bertz CT molecular complexity index is 561. The van der Waals surface area contributed by atoms with E-state index >= 15 is 0 Å². The molecule has 5 heteroatoms. The Labute approximate surface area is 137 Å². The lowest BCUT2D eigenvalue weighted by Gasteiger charge is -2.33. The van der Waals surface area contributed by atoms with E-state index in [9.17, 15) is 9.59 Å². The van der Waals surface area contributed by atoms with Crippen LogP contribution >= 0.6 is 0 Å². The number of hydrogen-bond acceptors (Lipinski definition) is 3. The molecular weight excluding hydrogens is 290 g/mol. The molecule has 1 heterocycles. The zero-order valence-electron chi connectivity index (χ0n) is 13.4. The zero-order valence-corrected chi connectivity index (χ0v) is 13.4. The molecule has 0 radical (unpaired) electrons. The van der Waals surface area contributed by atoms with Crippen molar-refractivity contribution in [2.24, 2.45) is 11.7 Å². The Hall–Kier alpha value is -1.88. The van der Waals surface area contributed by atoms with Gasteiger partial charge in [-0.2, -0.15) is 0 Å². The van der Waals surface area contributed by atoms with Crippen LogP contribution in [0.3, 0.4) is 0 Å². The Morgan fingerprint density at radius 3 is 2.65 bits per heavy atom. The van der Waals surface area contributed by atoms with Crippen molar-refractivity contribution in [2.75, 3.05) is 13.1 Å². The van der Waals surface area contributed by atoms with Gasteiger partial charge in [0.25, 0.3) is 5.91 Å². The number of carbonyl (C=O) groups is 2. The Kier molecular flexibility index (Phi) is 4.96. The van der Waals surface area contributed by atoms with Crippen molar-refractivity contribution >= 4 is 11.8 Å². The minimum atomic E-state index is -0.359. The fourth-order valence-corrected chi connectivity index (χ4v) is 4.03.